The van der Waals surface area contributed by atoms with E-state index in [9.17, 15) is 19.1 Å². The first kappa shape index (κ1) is 25.7. The van der Waals surface area contributed by atoms with E-state index >= 15 is 0 Å². The molecule has 1 fully saturated rings. The van der Waals surface area contributed by atoms with Crippen molar-refractivity contribution < 1.29 is 23.8 Å². The predicted molar refractivity (Wildman–Crippen MR) is 139 cm³/mol. The van der Waals surface area contributed by atoms with Gasteiger partial charge in [-0.1, -0.05) is 49.2 Å². The molecule has 1 N–H and O–H groups in total. The number of benzene rings is 3. The summed E-state index contributed by atoms with van der Waals surface area (Å²) in [6.45, 7) is 5.76. The van der Waals surface area contributed by atoms with Gasteiger partial charge >= 0.3 is 0 Å². The normalized spacial score (nSPS) is 17.2. The Morgan fingerprint density at radius 2 is 1.72 bits per heavy atom. The summed E-state index contributed by atoms with van der Waals surface area (Å²) < 4.78 is 19.4. The molecule has 3 aromatic carbocycles. The van der Waals surface area contributed by atoms with E-state index in [2.05, 4.69) is 0 Å². The average molecular weight is 528 g/mol. The van der Waals surface area contributed by atoms with Crippen molar-refractivity contribution in [3.05, 3.63) is 98.3 Å². The predicted octanol–water partition coefficient (Wildman–Crippen LogP) is 7.20. The van der Waals surface area contributed by atoms with Crippen molar-refractivity contribution in [3.8, 4) is 5.75 Å². The summed E-state index contributed by atoms with van der Waals surface area (Å²) in [6.07, 6.45) is 0. The lowest BCUT2D eigenvalue weighted by Crippen LogP contribution is -2.29. The van der Waals surface area contributed by atoms with Crippen molar-refractivity contribution in [1.29, 1.82) is 0 Å². The molecule has 1 heterocycles. The molecule has 1 atom stereocenters. The molecule has 1 saturated heterocycles. The number of Topliss-reactive ketones (excluding diaryl/α,β-unsaturated/α-hetero) is 1. The van der Waals surface area contributed by atoms with Gasteiger partial charge < -0.3 is 9.84 Å². The van der Waals surface area contributed by atoms with Crippen LogP contribution in [0.3, 0.4) is 0 Å². The molecule has 1 aliphatic rings. The SMILES string of the molecule is COc1cc(C)c(/C(O)=C2\C(=O)C(=O)N(c3ccc(F)c(Cl)c3)C2c2ccc(Cl)cc2)cc1C(C)C. The molecular weight excluding hydrogens is 504 g/mol. The Hall–Kier alpha value is -3.35. The number of carbonyl (C=O) groups excluding carboxylic acids is 2. The van der Waals surface area contributed by atoms with Crippen LogP contribution < -0.4 is 9.64 Å². The second kappa shape index (κ2) is 9.96. The van der Waals surface area contributed by atoms with E-state index in [4.69, 9.17) is 27.9 Å². The van der Waals surface area contributed by atoms with Gasteiger partial charge in [0, 0.05) is 16.3 Å². The maximum absolute atomic E-state index is 13.9. The van der Waals surface area contributed by atoms with Crippen molar-refractivity contribution in [2.45, 2.75) is 32.7 Å². The van der Waals surface area contributed by atoms with E-state index in [1.165, 1.54) is 17.0 Å². The highest BCUT2D eigenvalue weighted by Crippen LogP contribution is 2.44. The molecule has 0 bridgehead atoms. The summed E-state index contributed by atoms with van der Waals surface area (Å²) in [4.78, 5) is 27.9. The second-order valence-corrected chi connectivity index (χ2v) is 9.73. The molecule has 36 heavy (non-hydrogen) atoms. The number of methoxy groups -OCH3 is 1. The number of halogens is 3. The fourth-order valence-corrected chi connectivity index (χ4v) is 4.72. The van der Waals surface area contributed by atoms with E-state index in [0.717, 1.165) is 11.6 Å². The van der Waals surface area contributed by atoms with E-state index in [1.54, 1.807) is 50.4 Å². The zero-order valence-electron chi connectivity index (χ0n) is 20.1. The number of nitrogens with zero attached hydrogens (tertiary/aromatic N) is 1. The quantitative estimate of drug-likeness (QED) is 0.216. The summed E-state index contributed by atoms with van der Waals surface area (Å²) in [5, 5.41) is 11.8. The molecule has 8 heteroatoms. The number of aliphatic hydroxyl groups is 1. The first-order valence-electron chi connectivity index (χ1n) is 11.3. The number of rotatable bonds is 5. The van der Waals surface area contributed by atoms with Crippen LogP contribution in [0.25, 0.3) is 5.76 Å². The molecule has 5 nitrogen and oxygen atoms in total. The molecule has 0 spiro atoms. The van der Waals surface area contributed by atoms with Crippen molar-refractivity contribution in [2.75, 3.05) is 12.0 Å². The number of hydrogen-bond acceptors (Lipinski definition) is 4. The van der Waals surface area contributed by atoms with Crippen LogP contribution in [0.1, 0.15) is 48.1 Å². The number of aliphatic hydroxyl groups excluding tert-OH is 1. The van der Waals surface area contributed by atoms with Crippen molar-refractivity contribution >= 4 is 46.3 Å². The van der Waals surface area contributed by atoms with E-state index in [1.807, 2.05) is 13.8 Å². The van der Waals surface area contributed by atoms with Crippen LogP contribution in [0.5, 0.6) is 5.75 Å². The molecule has 186 valence electrons. The van der Waals surface area contributed by atoms with Gasteiger partial charge in [-0.2, -0.15) is 0 Å². The maximum Gasteiger partial charge on any atom is 0.300 e. The van der Waals surface area contributed by atoms with Crippen molar-refractivity contribution in [3.63, 3.8) is 0 Å². The van der Waals surface area contributed by atoms with Gasteiger partial charge in [-0.25, -0.2) is 4.39 Å². The van der Waals surface area contributed by atoms with Gasteiger partial charge in [0.15, 0.2) is 0 Å². The molecule has 0 saturated carbocycles. The van der Waals surface area contributed by atoms with Crippen LogP contribution in [0.15, 0.2) is 60.2 Å². The third-order valence-electron chi connectivity index (χ3n) is 6.27. The standard InChI is InChI=1S/C28H24Cl2FNO4/c1-14(2)19-13-20(15(3)11-23(19)36-4)26(33)24-25(16-5-7-17(29)8-6-16)32(28(35)27(24)34)18-9-10-22(31)21(30)12-18/h5-14,25,33H,1-4H3/b26-24+. The number of hydrogen-bond donors (Lipinski definition) is 1. The Labute approximate surface area is 218 Å². The fraction of sp³-hybridized carbons (Fsp3) is 0.214. The van der Waals surface area contributed by atoms with Crippen LogP contribution in [0, 0.1) is 12.7 Å². The summed E-state index contributed by atoms with van der Waals surface area (Å²) >= 11 is 12.1. The van der Waals surface area contributed by atoms with Gasteiger partial charge in [0.1, 0.15) is 17.3 Å². The molecule has 1 aliphatic heterocycles. The zero-order valence-corrected chi connectivity index (χ0v) is 21.6. The number of anilines is 1. The van der Waals surface area contributed by atoms with E-state index in [-0.39, 0.29) is 28.0 Å². The Balaban J connectivity index is 1.99. The van der Waals surface area contributed by atoms with Crippen LogP contribution in [-0.4, -0.2) is 23.9 Å². The third-order valence-corrected chi connectivity index (χ3v) is 6.81. The van der Waals surface area contributed by atoms with Gasteiger partial charge in [0.25, 0.3) is 11.7 Å². The van der Waals surface area contributed by atoms with Gasteiger partial charge in [-0.15, -0.1) is 0 Å². The first-order chi connectivity index (χ1) is 17.0. The highest BCUT2D eigenvalue weighted by atomic mass is 35.5. The number of ether oxygens (including phenoxy) is 1. The lowest BCUT2D eigenvalue weighted by Gasteiger charge is -2.26. The smallest absolute Gasteiger partial charge is 0.300 e. The number of carbonyl (C=O) groups is 2. The van der Waals surface area contributed by atoms with Crippen LogP contribution in [-0.2, 0) is 9.59 Å². The molecule has 3 aromatic rings. The topological polar surface area (TPSA) is 66.8 Å². The minimum Gasteiger partial charge on any atom is -0.507 e. The monoisotopic (exact) mass is 527 g/mol. The van der Waals surface area contributed by atoms with Gasteiger partial charge in [-0.3, -0.25) is 14.5 Å². The highest BCUT2D eigenvalue weighted by Gasteiger charge is 2.47. The summed E-state index contributed by atoms with van der Waals surface area (Å²) in [5.74, 6) is -1.97. The lowest BCUT2D eigenvalue weighted by atomic mass is 9.91. The van der Waals surface area contributed by atoms with E-state index in [0.29, 0.717) is 27.5 Å². The molecular formula is C28H24Cl2FNO4. The fourth-order valence-electron chi connectivity index (χ4n) is 4.42. The third kappa shape index (κ3) is 4.47. The number of amides is 1. The largest absolute Gasteiger partial charge is 0.507 e. The van der Waals surface area contributed by atoms with Gasteiger partial charge in [0.05, 0.1) is 23.7 Å². The second-order valence-electron chi connectivity index (χ2n) is 8.88. The van der Waals surface area contributed by atoms with Crippen LogP contribution in [0.2, 0.25) is 10.0 Å². The average Bonchev–Trinajstić information content (AvgIpc) is 3.10. The summed E-state index contributed by atoms with van der Waals surface area (Å²) in [6, 6.07) is 12.9. The van der Waals surface area contributed by atoms with Crippen molar-refractivity contribution in [1.82, 2.24) is 0 Å². The minimum absolute atomic E-state index is 0.0722. The number of aryl methyl sites for hydroxylation is 1. The van der Waals surface area contributed by atoms with Gasteiger partial charge in [0.2, 0.25) is 0 Å². The first-order valence-corrected chi connectivity index (χ1v) is 12.0. The molecule has 4 rings (SSSR count). The maximum atomic E-state index is 13.9. The van der Waals surface area contributed by atoms with Crippen LogP contribution in [0.4, 0.5) is 10.1 Å². The Kier molecular flexibility index (Phi) is 7.12. The zero-order chi connectivity index (χ0) is 26.3. The molecule has 1 unspecified atom stereocenters. The molecule has 0 aliphatic carbocycles. The number of ketones is 1. The van der Waals surface area contributed by atoms with Crippen LogP contribution >= 0.6 is 23.2 Å². The lowest BCUT2D eigenvalue weighted by molar-refractivity contribution is -0.132. The minimum atomic E-state index is -0.993. The molecule has 1 amide bonds. The van der Waals surface area contributed by atoms with Crippen molar-refractivity contribution in [2.24, 2.45) is 0 Å². The molecule has 0 radical (unpaired) electrons. The highest BCUT2D eigenvalue weighted by molar-refractivity contribution is 6.52. The Morgan fingerprint density at radius 1 is 1.06 bits per heavy atom. The van der Waals surface area contributed by atoms with Gasteiger partial charge in [-0.05, 0) is 72.0 Å². The summed E-state index contributed by atoms with van der Waals surface area (Å²) in [7, 11) is 1.57. The van der Waals surface area contributed by atoms with E-state index < -0.39 is 23.5 Å². The molecule has 0 aromatic heterocycles. The summed E-state index contributed by atoms with van der Waals surface area (Å²) in [5.41, 5.74) is 2.58. The Bertz CT molecular complexity index is 1400. The Morgan fingerprint density at radius 3 is 2.31 bits per heavy atom.